The van der Waals surface area contributed by atoms with Gasteiger partial charge in [0.15, 0.2) is 11.6 Å². The van der Waals surface area contributed by atoms with Gasteiger partial charge in [0, 0.05) is 12.6 Å². The summed E-state index contributed by atoms with van der Waals surface area (Å²) in [7, 11) is 0. The van der Waals surface area contributed by atoms with E-state index in [0.29, 0.717) is 5.69 Å². The summed E-state index contributed by atoms with van der Waals surface area (Å²) in [5.41, 5.74) is 1.57. The first-order valence-corrected chi connectivity index (χ1v) is 5.61. The molecule has 1 aromatic heterocycles. The zero-order chi connectivity index (χ0) is 13.1. The fraction of sp³-hybridized carbons (Fsp3) is 0.214. The molecule has 1 aromatic carbocycles. The average Bonchev–Trinajstić information content (AvgIpc) is 2.36. The number of hydrogen-bond donors (Lipinski definition) is 1. The molecule has 0 spiro atoms. The summed E-state index contributed by atoms with van der Waals surface area (Å²) in [5, 5.41) is 9.93. The summed E-state index contributed by atoms with van der Waals surface area (Å²) in [6.45, 7) is 1.88. The zero-order valence-electron chi connectivity index (χ0n) is 9.90. The molecule has 2 rings (SSSR count). The van der Waals surface area contributed by atoms with E-state index in [-0.39, 0.29) is 12.0 Å². The Morgan fingerprint density at radius 3 is 2.67 bits per heavy atom. The van der Waals surface area contributed by atoms with Crippen molar-refractivity contribution in [3.8, 4) is 0 Å². The van der Waals surface area contributed by atoms with Gasteiger partial charge in [-0.3, -0.25) is 4.98 Å². The summed E-state index contributed by atoms with van der Waals surface area (Å²) in [6.07, 6.45) is 0.682. The van der Waals surface area contributed by atoms with Crippen LogP contribution >= 0.6 is 0 Å². The molecule has 1 heterocycles. The highest BCUT2D eigenvalue weighted by atomic mass is 19.2. The van der Waals surface area contributed by atoms with Gasteiger partial charge in [0.05, 0.1) is 5.69 Å². The molecule has 0 bridgehead atoms. The van der Waals surface area contributed by atoms with Crippen LogP contribution in [0, 0.1) is 18.6 Å². The SMILES string of the molecule is Cc1ccc(C(O)Cc2cccc(F)c2F)nc1. The maximum absolute atomic E-state index is 13.4. The first kappa shape index (κ1) is 12.6. The summed E-state index contributed by atoms with van der Waals surface area (Å²) in [6, 6.07) is 7.42. The lowest BCUT2D eigenvalue weighted by molar-refractivity contribution is 0.172. The number of aliphatic hydroxyl groups is 1. The van der Waals surface area contributed by atoms with Gasteiger partial charge in [0.2, 0.25) is 0 Å². The van der Waals surface area contributed by atoms with Gasteiger partial charge in [-0.15, -0.1) is 0 Å². The number of pyridine rings is 1. The molecule has 1 atom stereocenters. The van der Waals surface area contributed by atoms with Crippen molar-refractivity contribution in [2.45, 2.75) is 19.4 Å². The molecule has 0 saturated carbocycles. The van der Waals surface area contributed by atoms with Gasteiger partial charge >= 0.3 is 0 Å². The van der Waals surface area contributed by atoms with Crippen LogP contribution in [0.5, 0.6) is 0 Å². The van der Waals surface area contributed by atoms with Crippen LogP contribution in [0.4, 0.5) is 8.78 Å². The Balaban J connectivity index is 2.18. The van der Waals surface area contributed by atoms with Crippen molar-refractivity contribution in [1.82, 2.24) is 4.98 Å². The monoisotopic (exact) mass is 249 g/mol. The summed E-state index contributed by atoms with van der Waals surface area (Å²) < 4.78 is 26.4. The van der Waals surface area contributed by atoms with E-state index in [4.69, 9.17) is 0 Å². The van der Waals surface area contributed by atoms with Crippen LogP contribution in [0.15, 0.2) is 36.5 Å². The van der Waals surface area contributed by atoms with Crippen molar-refractivity contribution in [2.75, 3.05) is 0 Å². The van der Waals surface area contributed by atoms with Crippen molar-refractivity contribution in [1.29, 1.82) is 0 Å². The Morgan fingerprint density at radius 1 is 1.22 bits per heavy atom. The highest BCUT2D eigenvalue weighted by Crippen LogP contribution is 2.20. The van der Waals surface area contributed by atoms with Crippen LogP contribution in [-0.2, 0) is 6.42 Å². The Bertz CT molecular complexity index is 540. The van der Waals surface area contributed by atoms with Crippen molar-refractivity contribution in [3.63, 3.8) is 0 Å². The van der Waals surface area contributed by atoms with Gasteiger partial charge in [-0.25, -0.2) is 8.78 Å². The smallest absolute Gasteiger partial charge is 0.162 e. The number of hydrogen-bond acceptors (Lipinski definition) is 2. The predicted molar refractivity (Wildman–Crippen MR) is 64.0 cm³/mol. The van der Waals surface area contributed by atoms with Crippen molar-refractivity contribution >= 4 is 0 Å². The topological polar surface area (TPSA) is 33.1 Å². The van der Waals surface area contributed by atoms with Crippen molar-refractivity contribution < 1.29 is 13.9 Å². The second kappa shape index (κ2) is 5.23. The molecule has 94 valence electrons. The normalized spacial score (nSPS) is 12.4. The Morgan fingerprint density at radius 2 is 2.00 bits per heavy atom. The number of benzene rings is 1. The second-order valence-electron chi connectivity index (χ2n) is 4.19. The van der Waals surface area contributed by atoms with Gasteiger partial charge in [-0.05, 0) is 30.2 Å². The minimum atomic E-state index is -0.943. The molecule has 0 aliphatic heterocycles. The Labute approximate surface area is 104 Å². The molecule has 0 aliphatic carbocycles. The number of rotatable bonds is 3. The maximum atomic E-state index is 13.4. The molecule has 4 heteroatoms. The quantitative estimate of drug-likeness (QED) is 0.907. The van der Waals surface area contributed by atoms with E-state index < -0.39 is 17.7 Å². The van der Waals surface area contributed by atoms with E-state index in [9.17, 15) is 13.9 Å². The fourth-order valence-electron chi connectivity index (χ4n) is 1.70. The molecule has 1 unspecified atom stereocenters. The zero-order valence-corrected chi connectivity index (χ0v) is 9.90. The van der Waals surface area contributed by atoms with E-state index in [1.165, 1.54) is 12.1 Å². The predicted octanol–water partition coefficient (Wildman–Crippen LogP) is 2.94. The highest BCUT2D eigenvalue weighted by molar-refractivity contribution is 5.22. The lowest BCUT2D eigenvalue weighted by Gasteiger charge is -2.11. The first-order chi connectivity index (χ1) is 8.58. The lowest BCUT2D eigenvalue weighted by Crippen LogP contribution is -2.06. The van der Waals surface area contributed by atoms with Crippen LogP contribution in [0.3, 0.4) is 0 Å². The molecule has 18 heavy (non-hydrogen) atoms. The summed E-state index contributed by atoms with van der Waals surface area (Å²) in [5.74, 6) is -1.82. The third-order valence-corrected chi connectivity index (χ3v) is 2.72. The van der Waals surface area contributed by atoms with Crippen LogP contribution in [0.1, 0.15) is 22.9 Å². The van der Waals surface area contributed by atoms with Gasteiger partial charge < -0.3 is 5.11 Å². The number of aryl methyl sites for hydroxylation is 1. The standard InChI is InChI=1S/C14H13F2NO/c1-9-5-6-12(17-8-9)13(18)7-10-3-2-4-11(15)14(10)16/h2-6,8,13,18H,7H2,1H3. The largest absolute Gasteiger partial charge is 0.386 e. The molecule has 0 radical (unpaired) electrons. The molecule has 2 nitrogen and oxygen atoms in total. The molecule has 0 saturated heterocycles. The van der Waals surface area contributed by atoms with Crippen LogP contribution in [-0.4, -0.2) is 10.1 Å². The first-order valence-electron chi connectivity index (χ1n) is 5.61. The average molecular weight is 249 g/mol. The number of halogens is 2. The Hall–Kier alpha value is -1.81. The Kier molecular flexibility index (Phi) is 3.67. The third-order valence-electron chi connectivity index (χ3n) is 2.72. The molecule has 0 aliphatic rings. The van der Waals surface area contributed by atoms with E-state index in [2.05, 4.69) is 4.98 Å². The minimum absolute atomic E-state index is 0.000343. The van der Waals surface area contributed by atoms with Crippen LogP contribution in [0.2, 0.25) is 0 Å². The molecule has 2 aromatic rings. The van der Waals surface area contributed by atoms with E-state index in [1.807, 2.05) is 13.0 Å². The molecular formula is C14H13F2NO. The third kappa shape index (κ3) is 2.71. The van der Waals surface area contributed by atoms with E-state index >= 15 is 0 Å². The second-order valence-corrected chi connectivity index (χ2v) is 4.19. The molecule has 0 amide bonds. The van der Waals surface area contributed by atoms with Crippen molar-refractivity contribution in [2.24, 2.45) is 0 Å². The fourth-order valence-corrected chi connectivity index (χ4v) is 1.70. The van der Waals surface area contributed by atoms with Gasteiger partial charge in [0.1, 0.15) is 6.10 Å². The van der Waals surface area contributed by atoms with Crippen LogP contribution in [0.25, 0.3) is 0 Å². The molecule has 1 N–H and O–H groups in total. The highest BCUT2D eigenvalue weighted by Gasteiger charge is 2.14. The van der Waals surface area contributed by atoms with Crippen molar-refractivity contribution in [3.05, 3.63) is 65.0 Å². The number of aromatic nitrogens is 1. The van der Waals surface area contributed by atoms with Gasteiger partial charge in [-0.1, -0.05) is 18.2 Å². The number of nitrogens with zero attached hydrogens (tertiary/aromatic N) is 1. The summed E-state index contributed by atoms with van der Waals surface area (Å²) in [4.78, 5) is 4.06. The molecule has 0 fully saturated rings. The number of aliphatic hydroxyl groups excluding tert-OH is 1. The molecular weight excluding hydrogens is 236 g/mol. The van der Waals surface area contributed by atoms with E-state index in [1.54, 1.807) is 12.3 Å². The maximum Gasteiger partial charge on any atom is 0.162 e. The van der Waals surface area contributed by atoms with E-state index in [0.717, 1.165) is 11.6 Å². The minimum Gasteiger partial charge on any atom is -0.386 e. The summed E-state index contributed by atoms with van der Waals surface area (Å²) >= 11 is 0. The lowest BCUT2D eigenvalue weighted by atomic mass is 10.0. The van der Waals surface area contributed by atoms with Gasteiger partial charge in [0.25, 0.3) is 0 Å². The van der Waals surface area contributed by atoms with Crippen LogP contribution < -0.4 is 0 Å². The van der Waals surface area contributed by atoms with Gasteiger partial charge in [-0.2, -0.15) is 0 Å².